The second-order valence-corrected chi connectivity index (χ2v) is 5.59. The van der Waals surface area contributed by atoms with Crippen LogP contribution in [0.5, 0.6) is 0 Å². The number of fused-ring (bicyclic) bond motifs is 1. The zero-order valence-electron chi connectivity index (χ0n) is 12.9. The van der Waals surface area contributed by atoms with Gasteiger partial charge in [-0.05, 0) is 31.5 Å². The Bertz CT molecular complexity index is 617. The predicted molar refractivity (Wildman–Crippen MR) is 84.8 cm³/mol. The van der Waals surface area contributed by atoms with Crippen LogP contribution in [0, 0.1) is 6.92 Å². The number of benzene rings is 1. The number of unbranched alkanes of at least 4 members (excludes halogenated alkanes) is 5. The Kier molecular flexibility index (Phi) is 5.37. The van der Waals surface area contributed by atoms with Gasteiger partial charge in [-0.15, -0.1) is 0 Å². The third-order valence-corrected chi connectivity index (χ3v) is 3.92. The summed E-state index contributed by atoms with van der Waals surface area (Å²) in [7, 11) is 0. The van der Waals surface area contributed by atoms with E-state index in [0.717, 1.165) is 29.8 Å². The van der Waals surface area contributed by atoms with E-state index in [4.69, 9.17) is 5.11 Å². The first kappa shape index (κ1) is 15.5. The number of nitrogens with zero attached hydrogens (tertiary/aromatic N) is 2. The Morgan fingerprint density at radius 3 is 2.62 bits per heavy atom. The molecule has 0 spiro atoms. The molecule has 0 saturated heterocycles. The SMILES string of the molecule is CCCCCCCCn1c(C)nc2ccc(C(=O)O)cc21. The molecule has 0 atom stereocenters. The van der Waals surface area contributed by atoms with Gasteiger partial charge in [0.1, 0.15) is 5.82 Å². The van der Waals surface area contributed by atoms with E-state index in [1.807, 2.05) is 6.92 Å². The topological polar surface area (TPSA) is 55.1 Å². The van der Waals surface area contributed by atoms with Crippen LogP contribution in [0.2, 0.25) is 0 Å². The highest BCUT2D eigenvalue weighted by atomic mass is 16.4. The number of carboxylic acid groups (broad SMARTS) is 1. The molecule has 0 fully saturated rings. The lowest BCUT2D eigenvalue weighted by Crippen LogP contribution is -2.02. The summed E-state index contributed by atoms with van der Waals surface area (Å²) in [4.78, 5) is 15.6. The van der Waals surface area contributed by atoms with E-state index in [1.54, 1.807) is 18.2 Å². The fourth-order valence-electron chi connectivity index (χ4n) is 2.71. The molecule has 0 unspecified atom stereocenters. The minimum Gasteiger partial charge on any atom is -0.478 e. The Labute approximate surface area is 125 Å². The molecule has 0 amide bonds. The third-order valence-electron chi connectivity index (χ3n) is 3.92. The van der Waals surface area contributed by atoms with Crippen molar-refractivity contribution in [1.29, 1.82) is 0 Å². The van der Waals surface area contributed by atoms with Crippen molar-refractivity contribution >= 4 is 17.0 Å². The number of aromatic carboxylic acids is 1. The number of imidazole rings is 1. The van der Waals surface area contributed by atoms with E-state index in [9.17, 15) is 4.79 Å². The number of carbonyl (C=O) groups is 1. The number of hydrogen-bond donors (Lipinski definition) is 1. The second kappa shape index (κ2) is 7.25. The average Bonchev–Trinajstić information content (AvgIpc) is 2.77. The Morgan fingerprint density at radius 2 is 1.90 bits per heavy atom. The fraction of sp³-hybridized carbons (Fsp3) is 0.529. The molecule has 0 aliphatic heterocycles. The average molecular weight is 288 g/mol. The monoisotopic (exact) mass is 288 g/mol. The number of hydrogen-bond acceptors (Lipinski definition) is 2. The molecule has 4 heteroatoms. The molecule has 2 rings (SSSR count). The maximum atomic E-state index is 11.1. The van der Waals surface area contributed by atoms with Gasteiger partial charge in [0.25, 0.3) is 0 Å². The zero-order valence-corrected chi connectivity index (χ0v) is 12.9. The van der Waals surface area contributed by atoms with Crippen LogP contribution in [-0.2, 0) is 6.54 Å². The molecule has 21 heavy (non-hydrogen) atoms. The summed E-state index contributed by atoms with van der Waals surface area (Å²) in [6, 6.07) is 5.14. The van der Waals surface area contributed by atoms with Crippen molar-refractivity contribution in [2.75, 3.05) is 0 Å². The van der Waals surface area contributed by atoms with Crippen molar-refractivity contribution in [2.45, 2.75) is 58.9 Å². The van der Waals surface area contributed by atoms with Crippen LogP contribution in [0.15, 0.2) is 18.2 Å². The van der Waals surface area contributed by atoms with E-state index < -0.39 is 5.97 Å². The van der Waals surface area contributed by atoms with Gasteiger partial charge in [-0.3, -0.25) is 0 Å². The first-order chi connectivity index (χ1) is 10.1. The Balaban J connectivity index is 2.06. The van der Waals surface area contributed by atoms with Crippen molar-refractivity contribution in [1.82, 2.24) is 9.55 Å². The van der Waals surface area contributed by atoms with Crippen LogP contribution in [-0.4, -0.2) is 20.6 Å². The third kappa shape index (κ3) is 3.84. The molecule has 0 bridgehead atoms. The summed E-state index contributed by atoms with van der Waals surface area (Å²) in [5.74, 6) is 0.0722. The quantitative estimate of drug-likeness (QED) is 0.732. The maximum Gasteiger partial charge on any atom is 0.335 e. The van der Waals surface area contributed by atoms with E-state index >= 15 is 0 Å². The fourth-order valence-corrected chi connectivity index (χ4v) is 2.71. The van der Waals surface area contributed by atoms with Crippen molar-refractivity contribution in [2.24, 2.45) is 0 Å². The second-order valence-electron chi connectivity index (χ2n) is 5.59. The molecule has 2 aromatic rings. The largest absolute Gasteiger partial charge is 0.478 e. The molecule has 1 heterocycles. The number of rotatable bonds is 8. The highest BCUT2D eigenvalue weighted by Gasteiger charge is 2.10. The van der Waals surface area contributed by atoms with Crippen LogP contribution in [0.3, 0.4) is 0 Å². The van der Waals surface area contributed by atoms with Crippen LogP contribution in [0.4, 0.5) is 0 Å². The van der Waals surface area contributed by atoms with E-state index in [2.05, 4.69) is 16.5 Å². The van der Waals surface area contributed by atoms with Gasteiger partial charge in [0, 0.05) is 6.54 Å². The number of aryl methyl sites for hydroxylation is 2. The highest BCUT2D eigenvalue weighted by Crippen LogP contribution is 2.19. The van der Waals surface area contributed by atoms with Crippen LogP contribution in [0.25, 0.3) is 11.0 Å². The maximum absolute atomic E-state index is 11.1. The molecule has 1 aromatic heterocycles. The van der Waals surface area contributed by atoms with Gasteiger partial charge >= 0.3 is 5.97 Å². The molecular weight excluding hydrogens is 264 g/mol. The minimum atomic E-state index is -0.887. The summed E-state index contributed by atoms with van der Waals surface area (Å²) < 4.78 is 2.14. The van der Waals surface area contributed by atoms with Crippen LogP contribution >= 0.6 is 0 Å². The number of carboxylic acids is 1. The predicted octanol–water partition coefficient (Wildman–Crippen LogP) is 4.40. The molecular formula is C17H24N2O2. The molecule has 4 nitrogen and oxygen atoms in total. The molecule has 0 saturated carbocycles. The van der Waals surface area contributed by atoms with E-state index in [-0.39, 0.29) is 0 Å². The Hall–Kier alpha value is -1.84. The van der Waals surface area contributed by atoms with E-state index in [1.165, 1.54) is 32.1 Å². The van der Waals surface area contributed by atoms with Gasteiger partial charge in [0.15, 0.2) is 0 Å². The lowest BCUT2D eigenvalue weighted by Gasteiger charge is -2.07. The van der Waals surface area contributed by atoms with Gasteiger partial charge in [0.05, 0.1) is 16.6 Å². The normalized spacial score (nSPS) is 11.1. The van der Waals surface area contributed by atoms with Gasteiger partial charge in [-0.25, -0.2) is 9.78 Å². The summed E-state index contributed by atoms with van der Waals surface area (Å²) in [6.45, 7) is 5.12. The van der Waals surface area contributed by atoms with Gasteiger partial charge in [0.2, 0.25) is 0 Å². The molecule has 1 N–H and O–H groups in total. The van der Waals surface area contributed by atoms with Gasteiger partial charge in [-0.1, -0.05) is 39.0 Å². The van der Waals surface area contributed by atoms with Crippen molar-refractivity contribution in [3.05, 3.63) is 29.6 Å². The summed E-state index contributed by atoms with van der Waals surface area (Å²) >= 11 is 0. The summed E-state index contributed by atoms with van der Waals surface area (Å²) in [6.07, 6.45) is 7.51. The first-order valence-electron chi connectivity index (χ1n) is 7.83. The highest BCUT2D eigenvalue weighted by molar-refractivity contribution is 5.92. The summed E-state index contributed by atoms with van der Waals surface area (Å²) in [5, 5.41) is 9.11. The lowest BCUT2D eigenvalue weighted by molar-refractivity contribution is 0.0697. The molecule has 0 aliphatic rings. The lowest BCUT2D eigenvalue weighted by atomic mass is 10.1. The van der Waals surface area contributed by atoms with Crippen LogP contribution in [0.1, 0.15) is 61.6 Å². The smallest absolute Gasteiger partial charge is 0.335 e. The van der Waals surface area contributed by atoms with Crippen LogP contribution < -0.4 is 0 Å². The van der Waals surface area contributed by atoms with E-state index in [0.29, 0.717) is 5.56 Å². The Morgan fingerprint density at radius 1 is 1.19 bits per heavy atom. The van der Waals surface area contributed by atoms with Crippen molar-refractivity contribution < 1.29 is 9.90 Å². The zero-order chi connectivity index (χ0) is 15.2. The van der Waals surface area contributed by atoms with Gasteiger partial charge in [-0.2, -0.15) is 0 Å². The van der Waals surface area contributed by atoms with Crippen molar-refractivity contribution in [3.63, 3.8) is 0 Å². The minimum absolute atomic E-state index is 0.326. The first-order valence-corrected chi connectivity index (χ1v) is 7.83. The molecule has 114 valence electrons. The standard InChI is InChI=1S/C17H24N2O2/c1-3-4-5-6-7-8-11-19-13(2)18-15-10-9-14(17(20)21)12-16(15)19/h9-10,12H,3-8,11H2,1-2H3,(H,20,21). The molecule has 0 aliphatic carbocycles. The van der Waals surface area contributed by atoms with Crippen molar-refractivity contribution in [3.8, 4) is 0 Å². The number of aromatic nitrogens is 2. The molecule has 1 aromatic carbocycles. The summed E-state index contributed by atoms with van der Waals surface area (Å²) in [5.41, 5.74) is 2.14. The molecule has 0 radical (unpaired) electrons. The van der Waals surface area contributed by atoms with Gasteiger partial charge < -0.3 is 9.67 Å².